The third kappa shape index (κ3) is 8.88. The van der Waals surface area contributed by atoms with Gasteiger partial charge in [0.15, 0.2) is 0 Å². The third-order valence-electron chi connectivity index (χ3n) is 0.167. The molecule has 0 saturated carbocycles. The summed E-state index contributed by atoms with van der Waals surface area (Å²) in [6, 6.07) is 0. The fraction of sp³-hybridized carbons (Fsp3) is 0. The molecule has 29 valence electrons. The minimum absolute atomic E-state index is 0. The molecule has 0 saturated heterocycles. The number of rotatable bonds is 1. The van der Waals surface area contributed by atoms with Crippen LogP contribution in [0, 0.1) is 0 Å². The van der Waals surface area contributed by atoms with Gasteiger partial charge in [0.1, 0.15) is 0 Å². The summed E-state index contributed by atoms with van der Waals surface area (Å²) in [6.45, 7) is 2.90. The van der Waals surface area contributed by atoms with Crippen LogP contribution >= 0.6 is 0 Å². The first kappa shape index (κ1) is 9.51. The summed E-state index contributed by atoms with van der Waals surface area (Å²) < 4.78 is 0. The molecule has 0 bridgehead atoms. The van der Waals surface area contributed by atoms with Crippen LogP contribution in [0.5, 0.6) is 0 Å². The number of carboxylic acids is 1. The van der Waals surface area contributed by atoms with Gasteiger partial charge in [-0.15, -0.1) is 0 Å². The molecule has 0 spiro atoms. The van der Waals surface area contributed by atoms with Crippen molar-refractivity contribution in [3.8, 4) is 0 Å². The molecule has 0 aliphatic carbocycles. The van der Waals surface area contributed by atoms with Crippen LogP contribution in [-0.4, -0.2) is 5.97 Å². The molecule has 0 N–H and O–H groups in total. The zero-order valence-electron chi connectivity index (χ0n) is 4.60. The molecule has 0 rings (SSSR count). The second kappa shape index (κ2) is 5.21. The van der Waals surface area contributed by atoms with Gasteiger partial charge in [-0.3, -0.25) is 0 Å². The van der Waals surface area contributed by atoms with Gasteiger partial charge in [0.25, 0.3) is 0 Å². The SMILES string of the molecule is C=CC(=O)[O-].[H].[Na+]. The van der Waals surface area contributed by atoms with E-state index < -0.39 is 5.97 Å². The fourth-order valence-corrected chi connectivity index (χ4v) is 0. The Kier molecular flexibility index (Phi) is 8.26. The van der Waals surface area contributed by atoms with Gasteiger partial charge in [-0.2, -0.15) is 0 Å². The molecule has 0 fully saturated rings. The van der Waals surface area contributed by atoms with Gasteiger partial charge in [-0.05, 0) is 6.08 Å². The van der Waals surface area contributed by atoms with Crippen LogP contribution in [0.2, 0.25) is 0 Å². The third-order valence-corrected chi connectivity index (χ3v) is 0.167. The van der Waals surface area contributed by atoms with E-state index in [0.717, 1.165) is 6.08 Å². The summed E-state index contributed by atoms with van der Waals surface area (Å²) in [5.41, 5.74) is 0. The molecule has 0 atom stereocenters. The van der Waals surface area contributed by atoms with E-state index >= 15 is 0 Å². The van der Waals surface area contributed by atoms with Crippen LogP contribution in [0.1, 0.15) is 1.43 Å². The van der Waals surface area contributed by atoms with E-state index in [0.29, 0.717) is 0 Å². The zero-order chi connectivity index (χ0) is 4.28. The number of carbonyl (C=O) groups is 1. The van der Waals surface area contributed by atoms with Gasteiger partial charge in [-0.1, -0.05) is 6.58 Å². The van der Waals surface area contributed by atoms with Crippen LogP contribution < -0.4 is 34.7 Å². The monoisotopic (exact) mass is 95.0 g/mol. The molecular formula is C3H4NaO2. The number of carbonyl (C=O) groups excluding carboxylic acids is 1. The number of aliphatic carboxylic acids is 1. The summed E-state index contributed by atoms with van der Waals surface area (Å²) in [5, 5.41) is 9.14. The molecule has 3 heteroatoms. The summed E-state index contributed by atoms with van der Waals surface area (Å²) in [4.78, 5) is 9.14. The van der Waals surface area contributed by atoms with E-state index in [4.69, 9.17) is 9.90 Å². The first-order valence-corrected chi connectivity index (χ1v) is 1.11. The largest absolute Gasteiger partial charge is 1.00 e. The van der Waals surface area contributed by atoms with Crippen molar-refractivity contribution in [1.82, 2.24) is 0 Å². The van der Waals surface area contributed by atoms with Crippen LogP contribution in [0.25, 0.3) is 0 Å². The van der Waals surface area contributed by atoms with Gasteiger partial charge in [0, 0.05) is 1.43 Å². The Hall–Kier alpha value is 0.210. The standard InChI is InChI=1S/C3H4O2.Na.H/c1-2-3(4)5;;/h2H,1H2,(H,4,5);;/q;+1;/p-1. The van der Waals surface area contributed by atoms with Crippen molar-refractivity contribution in [3.05, 3.63) is 12.7 Å². The molecule has 1 radical (unpaired) electrons. The van der Waals surface area contributed by atoms with Crippen molar-refractivity contribution in [2.24, 2.45) is 0 Å². The molecule has 0 aliphatic rings. The Balaban J connectivity index is -0.0000000800. The Bertz CT molecular complexity index is 64.0. The Morgan fingerprint density at radius 1 is 2.00 bits per heavy atom. The van der Waals surface area contributed by atoms with Crippen molar-refractivity contribution in [2.75, 3.05) is 0 Å². The minimum Gasteiger partial charge on any atom is -0.545 e. The van der Waals surface area contributed by atoms with Gasteiger partial charge in [-0.25, -0.2) is 0 Å². The molecule has 0 heterocycles. The van der Waals surface area contributed by atoms with E-state index in [9.17, 15) is 0 Å². The van der Waals surface area contributed by atoms with E-state index in [1.54, 1.807) is 0 Å². The predicted molar refractivity (Wildman–Crippen MR) is 16.3 cm³/mol. The van der Waals surface area contributed by atoms with Crippen molar-refractivity contribution in [3.63, 3.8) is 0 Å². The summed E-state index contributed by atoms with van der Waals surface area (Å²) in [6.07, 6.45) is 0.722. The minimum atomic E-state index is -1.23. The predicted octanol–water partition coefficient (Wildman–Crippen LogP) is -3.96. The Morgan fingerprint density at radius 2 is 2.17 bits per heavy atom. The molecular weight excluding hydrogens is 91.0 g/mol. The molecule has 0 aromatic carbocycles. The van der Waals surface area contributed by atoms with E-state index in [1.807, 2.05) is 0 Å². The van der Waals surface area contributed by atoms with Gasteiger partial charge in [0.05, 0.1) is 5.97 Å². The number of hydrogen-bond acceptors (Lipinski definition) is 2. The van der Waals surface area contributed by atoms with Crippen molar-refractivity contribution >= 4 is 5.97 Å². The van der Waals surface area contributed by atoms with Crippen LogP contribution in [0.3, 0.4) is 0 Å². The topological polar surface area (TPSA) is 40.1 Å². The number of hydrogen-bond donors (Lipinski definition) is 0. The van der Waals surface area contributed by atoms with Crippen molar-refractivity contribution in [2.45, 2.75) is 0 Å². The van der Waals surface area contributed by atoms with Gasteiger partial charge < -0.3 is 9.90 Å². The van der Waals surface area contributed by atoms with E-state index in [1.165, 1.54) is 0 Å². The second-order valence-corrected chi connectivity index (χ2v) is 0.523. The maximum atomic E-state index is 9.14. The number of carboxylic acid groups (broad SMARTS) is 1. The molecule has 6 heavy (non-hydrogen) atoms. The first-order chi connectivity index (χ1) is 2.27. The van der Waals surface area contributed by atoms with Crippen molar-refractivity contribution in [1.29, 1.82) is 0 Å². The molecule has 0 amide bonds. The Morgan fingerprint density at radius 3 is 2.17 bits per heavy atom. The van der Waals surface area contributed by atoms with Crippen LogP contribution in [0.4, 0.5) is 0 Å². The molecule has 0 unspecified atom stereocenters. The summed E-state index contributed by atoms with van der Waals surface area (Å²) >= 11 is 0. The van der Waals surface area contributed by atoms with Crippen molar-refractivity contribution < 1.29 is 40.9 Å². The molecule has 0 aromatic heterocycles. The summed E-state index contributed by atoms with van der Waals surface area (Å²) in [5.74, 6) is -1.23. The maximum Gasteiger partial charge on any atom is 1.00 e. The quantitative estimate of drug-likeness (QED) is 0.246. The van der Waals surface area contributed by atoms with E-state index in [2.05, 4.69) is 6.58 Å². The second-order valence-electron chi connectivity index (χ2n) is 0.523. The van der Waals surface area contributed by atoms with Crippen LogP contribution in [0.15, 0.2) is 12.7 Å². The Labute approximate surface area is 59.6 Å². The van der Waals surface area contributed by atoms with E-state index in [-0.39, 0.29) is 31.0 Å². The fourth-order valence-electron chi connectivity index (χ4n) is 0. The van der Waals surface area contributed by atoms with Gasteiger partial charge >= 0.3 is 29.6 Å². The average molecular weight is 95.1 g/mol. The maximum absolute atomic E-state index is 9.14. The van der Waals surface area contributed by atoms with Crippen LogP contribution in [-0.2, 0) is 4.79 Å². The first-order valence-electron chi connectivity index (χ1n) is 1.11. The average Bonchev–Trinajstić information content (AvgIpc) is 1.38. The molecule has 0 aliphatic heterocycles. The zero-order valence-corrected chi connectivity index (χ0v) is 5.60. The van der Waals surface area contributed by atoms with Gasteiger partial charge in [0.2, 0.25) is 0 Å². The molecule has 2 nitrogen and oxygen atoms in total. The molecule has 0 aromatic rings. The normalized spacial score (nSPS) is 5.33. The summed E-state index contributed by atoms with van der Waals surface area (Å²) in [7, 11) is 0. The smallest absolute Gasteiger partial charge is 0.545 e.